The topological polar surface area (TPSA) is 17.1 Å². The van der Waals surface area contributed by atoms with Gasteiger partial charge in [-0.3, -0.25) is 4.79 Å². The molecular weight excluding hydrogens is 228 g/mol. The molecule has 1 aliphatic heterocycles. The van der Waals surface area contributed by atoms with Gasteiger partial charge in [-0.1, -0.05) is 44.2 Å². The molecular formula is C15H22OS. The molecule has 0 bridgehead atoms. The Labute approximate surface area is 106 Å². The molecule has 0 unspecified atom stereocenters. The SMILES string of the molecule is CC(C)S1(CC(=O)c2ccccc2)CCCC1. The van der Waals surface area contributed by atoms with E-state index in [1.165, 1.54) is 24.3 Å². The number of rotatable bonds is 4. The highest BCUT2D eigenvalue weighted by Gasteiger charge is 2.33. The van der Waals surface area contributed by atoms with Crippen molar-refractivity contribution in [1.29, 1.82) is 0 Å². The number of hydrogen-bond acceptors (Lipinski definition) is 1. The van der Waals surface area contributed by atoms with Crippen LogP contribution in [0.2, 0.25) is 0 Å². The first-order valence-corrected chi connectivity index (χ1v) is 8.68. The Kier molecular flexibility index (Phi) is 3.93. The maximum absolute atomic E-state index is 12.3. The Morgan fingerprint density at radius 1 is 1.18 bits per heavy atom. The minimum atomic E-state index is -0.675. The number of ketones is 1. The number of carbonyl (C=O) groups is 1. The Balaban J connectivity index is 2.12. The molecule has 0 atom stereocenters. The van der Waals surface area contributed by atoms with E-state index in [1.54, 1.807) is 0 Å². The molecule has 1 fully saturated rings. The first-order chi connectivity index (χ1) is 8.14. The maximum Gasteiger partial charge on any atom is 0.171 e. The van der Waals surface area contributed by atoms with Crippen LogP contribution >= 0.6 is 10.0 Å². The third-order valence-electron chi connectivity index (χ3n) is 3.87. The minimum absolute atomic E-state index is 0.358. The molecule has 1 saturated heterocycles. The standard InChI is InChI=1S/C15H22OS/c1-13(2)17(10-6-7-11-17)12-15(16)14-8-4-3-5-9-14/h3-5,8-9,13H,6-7,10-12H2,1-2H3. The Morgan fingerprint density at radius 2 is 1.76 bits per heavy atom. The summed E-state index contributed by atoms with van der Waals surface area (Å²) in [5.74, 6) is 3.79. The molecule has 2 heteroatoms. The van der Waals surface area contributed by atoms with E-state index in [1.807, 2.05) is 30.3 Å². The van der Waals surface area contributed by atoms with Crippen LogP contribution in [0.4, 0.5) is 0 Å². The summed E-state index contributed by atoms with van der Waals surface area (Å²) in [6, 6.07) is 9.78. The minimum Gasteiger partial charge on any atom is -0.293 e. The average molecular weight is 250 g/mol. The van der Waals surface area contributed by atoms with Gasteiger partial charge in [-0.25, -0.2) is 10.0 Å². The summed E-state index contributed by atoms with van der Waals surface area (Å²) in [6.07, 6.45) is 2.66. The van der Waals surface area contributed by atoms with Crippen molar-refractivity contribution in [2.24, 2.45) is 0 Å². The molecule has 1 aliphatic rings. The van der Waals surface area contributed by atoms with E-state index in [2.05, 4.69) is 13.8 Å². The van der Waals surface area contributed by atoms with E-state index >= 15 is 0 Å². The van der Waals surface area contributed by atoms with Crippen LogP contribution in [0.3, 0.4) is 0 Å². The molecule has 2 rings (SSSR count). The summed E-state index contributed by atoms with van der Waals surface area (Å²) in [4.78, 5) is 12.3. The number of carbonyl (C=O) groups excluding carboxylic acids is 1. The lowest BCUT2D eigenvalue weighted by Crippen LogP contribution is -2.23. The summed E-state index contributed by atoms with van der Waals surface area (Å²) >= 11 is 0. The van der Waals surface area contributed by atoms with Crippen LogP contribution in [0, 0.1) is 0 Å². The van der Waals surface area contributed by atoms with Gasteiger partial charge in [0.05, 0.1) is 0 Å². The monoisotopic (exact) mass is 250 g/mol. The van der Waals surface area contributed by atoms with Crippen molar-refractivity contribution in [2.45, 2.75) is 31.9 Å². The van der Waals surface area contributed by atoms with Crippen molar-refractivity contribution in [2.75, 3.05) is 17.3 Å². The zero-order chi connectivity index (χ0) is 12.3. The largest absolute Gasteiger partial charge is 0.293 e. The van der Waals surface area contributed by atoms with Gasteiger partial charge in [0.25, 0.3) is 0 Å². The highest BCUT2D eigenvalue weighted by Crippen LogP contribution is 2.57. The Morgan fingerprint density at radius 3 is 2.29 bits per heavy atom. The van der Waals surface area contributed by atoms with Crippen LogP contribution < -0.4 is 0 Å². The molecule has 1 heterocycles. The van der Waals surface area contributed by atoms with Gasteiger partial charge in [-0.2, -0.15) is 0 Å². The summed E-state index contributed by atoms with van der Waals surface area (Å²) in [5, 5.41) is 0.692. The van der Waals surface area contributed by atoms with Gasteiger partial charge >= 0.3 is 0 Å². The zero-order valence-corrected chi connectivity index (χ0v) is 11.6. The molecule has 0 spiro atoms. The Bertz CT molecular complexity index is 377. The van der Waals surface area contributed by atoms with Gasteiger partial charge < -0.3 is 0 Å². The summed E-state index contributed by atoms with van der Waals surface area (Å²) in [6.45, 7) is 4.61. The molecule has 0 saturated carbocycles. The zero-order valence-electron chi connectivity index (χ0n) is 10.8. The van der Waals surface area contributed by atoms with E-state index < -0.39 is 10.0 Å². The Hall–Kier alpha value is -0.760. The van der Waals surface area contributed by atoms with Crippen LogP contribution in [0.25, 0.3) is 0 Å². The van der Waals surface area contributed by atoms with E-state index in [0.29, 0.717) is 11.0 Å². The summed E-state index contributed by atoms with van der Waals surface area (Å²) < 4.78 is 0. The van der Waals surface area contributed by atoms with Gasteiger partial charge in [-0.05, 0) is 29.6 Å². The summed E-state index contributed by atoms with van der Waals surface area (Å²) in [5.41, 5.74) is 0.895. The van der Waals surface area contributed by atoms with Crippen molar-refractivity contribution >= 4 is 15.8 Å². The third-order valence-corrected chi connectivity index (χ3v) is 8.91. The number of Topliss-reactive ketones (excluding diaryl/α,β-unsaturated/α-hetero) is 1. The first-order valence-electron chi connectivity index (χ1n) is 6.47. The molecule has 0 N–H and O–H groups in total. The second kappa shape index (κ2) is 5.26. The molecule has 17 heavy (non-hydrogen) atoms. The molecule has 0 aliphatic carbocycles. The van der Waals surface area contributed by atoms with Crippen LogP contribution in [0.5, 0.6) is 0 Å². The van der Waals surface area contributed by atoms with Crippen molar-refractivity contribution < 1.29 is 4.79 Å². The lowest BCUT2D eigenvalue weighted by molar-refractivity contribution is 0.102. The molecule has 94 valence electrons. The fourth-order valence-electron chi connectivity index (χ4n) is 2.63. The molecule has 1 nitrogen and oxygen atoms in total. The molecule has 1 aromatic carbocycles. The third kappa shape index (κ3) is 2.74. The maximum atomic E-state index is 12.3. The molecule has 0 radical (unpaired) electrons. The van der Waals surface area contributed by atoms with E-state index in [0.717, 1.165) is 11.3 Å². The van der Waals surface area contributed by atoms with Crippen molar-refractivity contribution in [1.82, 2.24) is 0 Å². The van der Waals surface area contributed by atoms with Crippen LogP contribution in [0.1, 0.15) is 37.0 Å². The van der Waals surface area contributed by atoms with Gasteiger partial charge in [0.15, 0.2) is 5.78 Å². The fraction of sp³-hybridized carbons (Fsp3) is 0.533. The van der Waals surface area contributed by atoms with Crippen molar-refractivity contribution in [3.05, 3.63) is 35.9 Å². The van der Waals surface area contributed by atoms with E-state index in [9.17, 15) is 4.79 Å². The smallest absolute Gasteiger partial charge is 0.171 e. The van der Waals surface area contributed by atoms with E-state index in [4.69, 9.17) is 0 Å². The second-order valence-corrected chi connectivity index (χ2v) is 9.48. The molecule has 1 aromatic rings. The predicted molar refractivity (Wildman–Crippen MR) is 77.3 cm³/mol. The molecule has 0 amide bonds. The lowest BCUT2D eigenvalue weighted by Gasteiger charge is -2.39. The van der Waals surface area contributed by atoms with Gasteiger partial charge in [-0.15, -0.1) is 0 Å². The average Bonchev–Trinajstić information content (AvgIpc) is 2.80. The number of benzene rings is 1. The van der Waals surface area contributed by atoms with Crippen LogP contribution in [-0.4, -0.2) is 28.3 Å². The van der Waals surface area contributed by atoms with E-state index in [-0.39, 0.29) is 0 Å². The van der Waals surface area contributed by atoms with Crippen LogP contribution in [-0.2, 0) is 0 Å². The lowest BCUT2D eigenvalue weighted by atomic mass is 10.2. The molecule has 0 aromatic heterocycles. The predicted octanol–water partition coefficient (Wildman–Crippen LogP) is 3.88. The summed E-state index contributed by atoms with van der Waals surface area (Å²) in [7, 11) is -0.675. The quantitative estimate of drug-likeness (QED) is 0.741. The van der Waals surface area contributed by atoms with Crippen LogP contribution in [0.15, 0.2) is 30.3 Å². The fourth-order valence-corrected chi connectivity index (χ4v) is 6.65. The van der Waals surface area contributed by atoms with Crippen molar-refractivity contribution in [3.63, 3.8) is 0 Å². The van der Waals surface area contributed by atoms with Crippen molar-refractivity contribution in [3.8, 4) is 0 Å². The second-order valence-electron chi connectivity index (χ2n) is 5.21. The first kappa shape index (κ1) is 12.7. The highest BCUT2D eigenvalue weighted by atomic mass is 32.3. The van der Waals surface area contributed by atoms with Gasteiger partial charge in [0.1, 0.15) is 0 Å². The van der Waals surface area contributed by atoms with Gasteiger partial charge in [0, 0.05) is 11.3 Å². The normalized spacial score (nSPS) is 20.4. The number of hydrogen-bond donors (Lipinski definition) is 0. The van der Waals surface area contributed by atoms with Gasteiger partial charge in [0.2, 0.25) is 0 Å². The highest BCUT2D eigenvalue weighted by molar-refractivity contribution is 8.34.